The van der Waals surface area contributed by atoms with E-state index in [0.717, 1.165) is 12.8 Å². The van der Waals surface area contributed by atoms with E-state index in [1.54, 1.807) is 29.2 Å². The first kappa shape index (κ1) is 17.0. The van der Waals surface area contributed by atoms with Crippen molar-refractivity contribution in [3.8, 4) is 0 Å². The Balaban J connectivity index is 1.95. The first-order valence-electron chi connectivity index (χ1n) is 7.76. The smallest absolute Gasteiger partial charge is 0.339 e. The lowest BCUT2D eigenvalue weighted by Crippen LogP contribution is -2.39. The number of nitrogens with one attached hydrogen (secondary N) is 1. The summed E-state index contributed by atoms with van der Waals surface area (Å²) in [4.78, 5) is 37.6. The van der Waals surface area contributed by atoms with E-state index < -0.39 is 11.9 Å². The molecule has 23 heavy (non-hydrogen) atoms. The van der Waals surface area contributed by atoms with Crippen LogP contribution in [0.15, 0.2) is 24.3 Å². The predicted octanol–water partition coefficient (Wildman–Crippen LogP) is 2.06. The van der Waals surface area contributed by atoms with Crippen LogP contribution in [0.1, 0.15) is 36.5 Å². The third-order valence-corrected chi connectivity index (χ3v) is 4.05. The summed E-state index contributed by atoms with van der Waals surface area (Å²) in [6.45, 7) is 3.57. The summed E-state index contributed by atoms with van der Waals surface area (Å²) < 4.78 is 4.68. The number of ether oxygens (including phenoxy) is 1. The number of carbonyl (C=O) groups excluding carboxylic acids is 3. The maximum atomic E-state index is 12.2. The number of benzene rings is 1. The largest absolute Gasteiger partial charge is 0.465 e. The number of nitrogens with zero attached hydrogens (tertiary/aromatic N) is 1. The topological polar surface area (TPSA) is 75.7 Å². The number of hydrogen-bond acceptors (Lipinski definition) is 4. The molecule has 1 aliphatic heterocycles. The van der Waals surface area contributed by atoms with Crippen LogP contribution in [-0.2, 0) is 14.3 Å². The molecule has 2 rings (SSSR count). The Morgan fingerprint density at radius 1 is 1.22 bits per heavy atom. The molecule has 0 spiro atoms. The molecular formula is C17H22N2O4. The van der Waals surface area contributed by atoms with Gasteiger partial charge in [0.25, 0.3) is 0 Å². The number of rotatable bonds is 4. The lowest BCUT2D eigenvalue weighted by atomic mass is 9.99. The van der Waals surface area contributed by atoms with Crippen molar-refractivity contribution in [2.45, 2.75) is 26.2 Å². The molecular weight excluding hydrogens is 296 g/mol. The Hall–Kier alpha value is -2.37. The summed E-state index contributed by atoms with van der Waals surface area (Å²) in [6.07, 6.45) is 1.72. The average molecular weight is 318 g/mol. The zero-order valence-corrected chi connectivity index (χ0v) is 13.5. The van der Waals surface area contributed by atoms with E-state index in [1.807, 2.05) is 0 Å². The molecule has 2 amide bonds. The minimum atomic E-state index is -0.530. The summed E-state index contributed by atoms with van der Waals surface area (Å²) in [6, 6.07) is 6.56. The first-order chi connectivity index (χ1) is 11.0. The molecule has 0 unspecified atom stereocenters. The van der Waals surface area contributed by atoms with Gasteiger partial charge >= 0.3 is 5.97 Å². The molecule has 1 N–H and O–H groups in total. The number of methoxy groups -OCH3 is 1. The highest BCUT2D eigenvalue weighted by atomic mass is 16.5. The summed E-state index contributed by atoms with van der Waals surface area (Å²) in [5.74, 6) is -0.507. The molecule has 1 fully saturated rings. The van der Waals surface area contributed by atoms with Crippen molar-refractivity contribution in [1.29, 1.82) is 0 Å². The van der Waals surface area contributed by atoms with Gasteiger partial charge in [0.15, 0.2) is 0 Å². The van der Waals surface area contributed by atoms with Crippen LogP contribution >= 0.6 is 0 Å². The second kappa shape index (κ2) is 7.76. The lowest BCUT2D eigenvalue weighted by Gasteiger charge is -2.30. The van der Waals surface area contributed by atoms with E-state index in [1.165, 1.54) is 7.11 Å². The zero-order valence-electron chi connectivity index (χ0n) is 13.5. The van der Waals surface area contributed by atoms with Gasteiger partial charge in [-0.15, -0.1) is 0 Å². The van der Waals surface area contributed by atoms with Crippen molar-refractivity contribution in [3.05, 3.63) is 29.8 Å². The Morgan fingerprint density at radius 2 is 1.87 bits per heavy atom. The van der Waals surface area contributed by atoms with Crippen LogP contribution in [0.2, 0.25) is 0 Å². The van der Waals surface area contributed by atoms with Crippen LogP contribution in [0.5, 0.6) is 0 Å². The molecule has 0 saturated carbocycles. The first-order valence-corrected chi connectivity index (χ1v) is 7.76. The molecule has 6 nitrogen and oxygen atoms in total. The number of carbonyl (C=O) groups is 3. The van der Waals surface area contributed by atoms with Crippen molar-refractivity contribution in [2.75, 3.05) is 25.5 Å². The molecule has 0 aromatic heterocycles. The Kier molecular flexibility index (Phi) is 5.73. The fourth-order valence-electron chi connectivity index (χ4n) is 2.58. The number of amides is 2. The maximum Gasteiger partial charge on any atom is 0.339 e. The third kappa shape index (κ3) is 4.55. The molecule has 1 heterocycles. The van der Waals surface area contributed by atoms with Crippen molar-refractivity contribution in [2.24, 2.45) is 5.92 Å². The molecule has 1 aliphatic rings. The molecule has 0 radical (unpaired) electrons. The van der Waals surface area contributed by atoms with Gasteiger partial charge in [0.05, 0.1) is 18.4 Å². The number of hydrogen-bond donors (Lipinski definition) is 1. The van der Waals surface area contributed by atoms with Crippen LogP contribution < -0.4 is 5.32 Å². The number of para-hydroxylation sites is 1. The Morgan fingerprint density at radius 3 is 2.52 bits per heavy atom. The van der Waals surface area contributed by atoms with Crippen molar-refractivity contribution >= 4 is 23.5 Å². The fraction of sp³-hybridized carbons (Fsp3) is 0.471. The molecule has 124 valence electrons. The highest BCUT2D eigenvalue weighted by Gasteiger charge is 2.22. The fourth-order valence-corrected chi connectivity index (χ4v) is 2.58. The van der Waals surface area contributed by atoms with E-state index in [-0.39, 0.29) is 17.9 Å². The predicted molar refractivity (Wildman–Crippen MR) is 86.0 cm³/mol. The van der Waals surface area contributed by atoms with E-state index in [4.69, 9.17) is 0 Å². The molecule has 1 aromatic rings. The molecule has 1 saturated heterocycles. The van der Waals surface area contributed by atoms with Gasteiger partial charge in [0, 0.05) is 13.1 Å². The summed E-state index contributed by atoms with van der Waals surface area (Å²) in [5, 5.41) is 2.62. The van der Waals surface area contributed by atoms with Gasteiger partial charge < -0.3 is 15.0 Å². The van der Waals surface area contributed by atoms with Gasteiger partial charge in [-0.1, -0.05) is 19.1 Å². The Bertz CT molecular complexity index is 592. The number of likely N-dealkylation sites (tertiary alicyclic amines) is 1. The molecule has 0 aliphatic carbocycles. The number of esters is 1. The lowest BCUT2D eigenvalue weighted by molar-refractivity contribution is -0.135. The molecule has 6 heteroatoms. The van der Waals surface area contributed by atoms with E-state index in [9.17, 15) is 14.4 Å². The van der Waals surface area contributed by atoms with E-state index >= 15 is 0 Å². The highest BCUT2D eigenvalue weighted by Crippen LogP contribution is 2.18. The number of piperidine rings is 1. The standard InChI is InChI=1S/C17H22N2O4/c1-12-7-9-19(10-8-12)16(21)11-15(20)18-14-6-4-3-5-13(14)17(22)23-2/h3-6,12H,7-11H2,1-2H3,(H,18,20). The highest BCUT2D eigenvalue weighted by molar-refractivity contribution is 6.06. The van der Waals surface area contributed by atoms with Gasteiger partial charge in [0.2, 0.25) is 11.8 Å². The van der Waals surface area contributed by atoms with Gasteiger partial charge in [-0.05, 0) is 30.9 Å². The van der Waals surface area contributed by atoms with Gasteiger partial charge in [-0.25, -0.2) is 4.79 Å². The van der Waals surface area contributed by atoms with Crippen LogP contribution in [0.25, 0.3) is 0 Å². The van der Waals surface area contributed by atoms with Gasteiger partial charge in [-0.3, -0.25) is 9.59 Å². The van der Waals surface area contributed by atoms with Crippen LogP contribution in [0.4, 0.5) is 5.69 Å². The Labute approximate surface area is 135 Å². The van der Waals surface area contributed by atoms with E-state index in [2.05, 4.69) is 17.0 Å². The maximum absolute atomic E-state index is 12.2. The van der Waals surface area contributed by atoms with Gasteiger partial charge in [-0.2, -0.15) is 0 Å². The number of anilines is 1. The van der Waals surface area contributed by atoms with E-state index in [0.29, 0.717) is 24.7 Å². The van der Waals surface area contributed by atoms with Gasteiger partial charge in [0.1, 0.15) is 6.42 Å². The second-order valence-electron chi connectivity index (χ2n) is 5.83. The van der Waals surface area contributed by atoms with Crippen molar-refractivity contribution in [1.82, 2.24) is 4.90 Å². The minimum absolute atomic E-state index is 0.176. The van der Waals surface area contributed by atoms with Crippen LogP contribution in [-0.4, -0.2) is 42.9 Å². The monoisotopic (exact) mass is 318 g/mol. The third-order valence-electron chi connectivity index (χ3n) is 4.05. The normalized spacial score (nSPS) is 15.1. The SMILES string of the molecule is COC(=O)c1ccccc1NC(=O)CC(=O)N1CCC(C)CC1. The quantitative estimate of drug-likeness (QED) is 0.681. The summed E-state index contributed by atoms with van der Waals surface area (Å²) in [7, 11) is 1.28. The molecule has 1 aromatic carbocycles. The van der Waals surface area contributed by atoms with Crippen molar-refractivity contribution in [3.63, 3.8) is 0 Å². The van der Waals surface area contributed by atoms with Crippen LogP contribution in [0.3, 0.4) is 0 Å². The zero-order chi connectivity index (χ0) is 16.8. The van der Waals surface area contributed by atoms with Crippen LogP contribution in [0, 0.1) is 5.92 Å². The summed E-state index contributed by atoms with van der Waals surface area (Å²) in [5.41, 5.74) is 0.618. The molecule has 0 bridgehead atoms. The minimum Gasteiger partial charge on any atom is -0.465 e. The average Bonchev–Trinajstić information content (AvgIpc) is 2.55. The molecule has 0 atom stereocenters. The summed E-state index contributed by atoms with van der Waals surface area (Å²) >= 11 is 0. The second-order valence-corrected chi connectivity index (χ2v) is 5.83. The van der Waals surface area contributed by atoms with Crippen molar-refractivity contribution < 1.29 is 19.1 Å².